The summed E-state index contributed by atoms with van der Waals surface area (Å²) in [6, 6.07) is 3.09. The van der Waals surface area contributed by atoms with Crippen LogP contribution in [0.5, 0.6) is 0 Å². The van der Waals surface area contributed by atoms with Gasteiger partial charge in [-0.15, -0.1) is 0 Å². The van der Waals surface area contributed by atoms with Crippen LogP contribution in [0.15, 0.2) is 12.1 Å². The fourth-order valence-electron chi connectivity index (χ4n) is 2.11. The average Bonchev–Trinajstić information content (AvgIpc) is 2.82. The van der Waals surface area contributed by atoms with Crippen LogP contribution in [0.2, 0.25) is 15.1 Å². The summed E-state index contributed by atoms with van der Waals surface area (Å²) in [6.07, 6.45) is 0.564. The van der Waals surface area contributed by atoms with E-state index in [9.17, 15) is 9.90 Å². The number of aldehydes is 1. The zero-order valence-electron chi connectivity index (χ0n) is 8.76. The molecule has 2 rings (SSSR count). The molecule has 1 aromatic rings. The molecule has 2 unspecified atom stereocenters. The van der Waals surface area contributed by atoms with Crippen molar-refractivity contribution < 1.29 is 9.90 Å². The third kappa shape index (κ3) is 1.86. The Hall–Kier alpha value is 0.300. The molecule has 0 spiro atoms. The molecule has 0 aliphatic heterocycles. The Kier molecular flexibility index (Phi) is 3.83. The molecule has 0 heterocycles. The minimum atomic E-state index is -1.37. The SMILES string of the molecule is O=CC1(CO)C(c2cc(Cl)c(Cl)c(Cl)c2)C1(Cl)Cl. The maximum absolute atomic E-state index is 11.1. The average molecular weight is 348 g/mol. The molecular weight excluding hydrogens is 341 g/mol. The van der Waals surface area contributed by atoms with E-state index in [1.165, 1.54) is 0 Å². The lowest BCUT2D eigenvalue weighted by Gasteiger charge is -2.07. The van der Waals surface area contributed by atoms with E-state index in [0.717, 1.165) is 0 Å². The van der Waals surface area contributed by atoms with Crippen molar-refractivity contribution in [1.29, 1.82) is 0 Å². The minimum Gasteiger partial charge on any atom is -0.395 e. The summed E-state index contributed by atoms with van der Waals surface area (Å²) in [4.78, 5) is 11.1. The lowest BCUT2D eigenvalue weighted by molar-refractivity contribution is -0.113. The molecule has 1 saturated carbocycles. The number of rotatable bonds is 3. The van der Waals surface area contributed by atoms with Gasteiger partial charge in [0.2, 0.25) is 0 Å². The number of aliphatic hydroxyl groups is 1. The third-order valence-corrected chi connectivity index (χ3v) is 5.56. The first kappa shape index (κ1) is 14.7. The van der Waals surface area contributed by atoms with Crippen LogP contribution >= 0.6 is 58.0 Å². The molecule has 2 atom stereocenters. The van der Waals surface area contributed by atoms with Gasteiger partial charge >= 0.3 is 0 Å². The Balaban J connectivity index is 2.49. The van der Waals surface area contributed by atoms with Gasteiger partial charge in [-0.25, -0.2) is 0 Å². The monoisotopic (exact) mass is 346 g/mol. The fourth-order valence-corrected chi connectivity index (χ4v) is 3.68. The molecule has 2 nitrogen and oxygen atoms in total. The van der Waals surface area contributed by atoms with E-state index in [1.54, 1.807) is 12.1 Å². The predicted molar refractivity (Wildman–Crippen MR) is 74.2 cm³/mol. The fraction of sp³-hybridized carbons (Fsp3) is 0.364. The molecule has 18 heavy (non-hydrogen) atoms. The molecule has 98 valence electrons. The lowest BCUT2D eigenvalue weighted by atomic mass is 10.0. The van der Waals surface area contributed by atoms with Crippen LogP contribution in [0, 0.1) is 5.41 Å². The van der Waals surface area contributed by atoms with Crippen molar-refractivity contribution in [2.24, 2.45) is 5.41 Å². The van der Waals surface area contributed by atoms with Crippen molar-refractivity contribution in [3.05, 3.63) is 32.8 Å². The first-order valence-electron chi connectivity index (χ1n) is 4.91. The van der Waals surface area contributed by atoms with Crippen LogP contribution < -0.4 is 0 Å². The lowest BCUT2D eigenvalue weighted by Crippen LogP contribution is -2.16. The largest absolute Gasteiger partial charge is 0.395 e. The van der Waals surface area contributed by atoms with Crippen LogP contribution in [-0.2, 0) is 4.79 Å². The maximum atomic E-state index is 11.1. The summed E-state index contributed by atoms with van der Waals surface area (Å²) in [5, 5.41) is 10.0. The number of halogens is 5. The summed E-state index contributed by atoms with van der Waals surface area (Å²) in [5.41, 5.74) is -0.656. The molecule has 0 radical (unpaired) electrons. The van der Waals surface area contributed by atoms with Crippen molar-refractivity contribution in [3.63, 3.8) is 0 Å². The molecular formula is C11H7Cl5O2. The van der Waals surface area contributed by atoms with Crippen molar-refractivity contribution in [2.75, 3.05) is 6.61 Å². The van der Waals surface area contributed by atoms with Gasteiger partial charge in [0.1, 0.15) is 10.6 Å². The van der Waals surface area contributed by atoms with E-state index in [-0.39, 0.29) is 15.1 Å². The van der Waals surface area contributed by atoms with Gasteiger partial charge in [0.05, 0.1) is 27.1 Å². The van der Waals surface area contributed by atoms with E-state index in [0.29, 0.717) is 11.8 Å². The van der Waals surface area contributed by atoms with Gasteiger partial charge in [0.25, 0.3) is 0 Å². The maximum Gasteiger partial charge on any atom is 0.141 e. The quantitative estimate of drug-likeness (QED) is 0.507. The van der Waals surface area contributed by atoms with E-state index < -0.39 is 22.3 Å². The first-order chi connectivity index (χ1) is 8.31. The second kappa shape index (κ2) is 4.69. The molecule has 0 aromatic heterocycles. The number of benzene rings is 1. The Morgan fingerprint density at radius 2 is 1.72 bits per heavy atom. The van der Waals surface area contributed by atoms with Gasteiger partial charge in [-0.1, -0.05) is 58.0 Å². The minimum absolute atomic E-state index is 0.221. The molecule has 1 aromatic carbocycles. The zero-order valence-corrected chi connectivity index (χ0v) is 12.5. The predicted octanol–water partition coefficient (Wildman–Crippen LogP) is 4.10. The van der Waals surface area contributed by atoms with Gasteiger partial charge in [0.15, 0.2) is 0 Å². The van der Waals surface area contributed by atoms with E-state index in [2.05, 4.69) is 0 Å². The Morgan fingerprint density at radius 1 is 1.22 bits per heavy atom. The standard InChI is InChI=1S/C11H7Cl5O2/c12-6-1-5(2-7(13)8(6)14)9-10(3-17,4-18)11(9,15)16/h1-3,9,18H,4H2. The van der Waals surface area contributed by atoms with E-state index in [1.807, 2.05) is 0 Å². The van der Waals surface area contributed by atoms with Crippen LogP contribution in [-0.4, -0.2) is 22.3 Å². The second-order valence-electron chi connectivity index (χ2n) is 4.17. The van der Waals surface area contributed by atoms with Crippen LogP contribution in [0.4, 0.5) is 0 Å². The molecule has 1 aliphatic carbocycles. The van der Waals surface area contributed by atoms with Crippen molar-refractivity contribution in [3.8, 4) is 0 Å². The van der Waals surface area contributed by atoms with Gasteiger partial charge in [-0.05, 0) is 17.7 Å². The van der Waals surface area contributed by atoms with Crippen molar-refractivity contribution in [2.45, 2.75) is 10.3 Å². The highest BCUT2D eigenvalue weighted by molar-refractivity contribution is 6.54. The highest BCUT2D eigenvalue weighted by atomic mass is 35.5. The summed E-state index contributed by atoms with van der Waals surface area (Å²) >= 11 is 29.8. The molecule has 1 fully saturated rings. The Bertz CT molecular complexity index is 493. The van der Waals surface area contributed by atoms with Crippen LogP contribution in [0.3, 0.4) is 0 Å². The molecule has 1 N–H and O–H groups in total. The zero-order chi connectivity index (χ0) is 13.7. The highest BCUT2D eigenvalue weighted by Gasteiger charge is 2.76. The molecule has 1 aliphatic rings. The van der Waals surface area contributed by atoms with Crippen molar-refractivity contribution >= 4 is 64.3 Å². The summed E-state index contributed by atoms with van der Waals surface area (Å²) < 4.78 is -1.37. The van der Waals surface area contributed by atoms with E-state index in [4.69, 9.17) is 58.0 Å². The molecule has 0 bridgehead atoms. The van der Waals surface area contributed by atoms with E-state index >= 15 is 0 Å². The van der Waals surface area contributed by atoms with Crippen molar-refractivity contribution in [1.82, 2.24) is 0 Å². The van der Waals surface area contributed by atoms with Gasteiger partial charge in [0, 0.05) is 5.92 Å². The number of hydrogen-bond acceptors (Lipinski definition) is 2. The molecule has 7 heteroatoms. The van der Waals surface area contributed by atoms with Gasteiger partial charge in [-0.2, -0.15) is 0 Å². The number of carbonyl (C=O) groups excluding carboxylic acids is 1. The van der Waals surface area contributed by atoms with Crippen LogP contribution in [0.1, 0.15) is 11.5 Å². The van der Waals surface area contributed by atoms with Crippen LogP contribution in [0.25, 0.3) is 0 Å². The van der Waals surface area contributed by atoms with Gasteiger partial charge in [-0.3, -0.25) is 0 Å². The number of aliphatic hydroxyl groups excluding tert-OH is 1. The normalized spacial score (nSPS) is 29.1. The second-order valence-corrected chi connectivity index (χ2v) is 6.75. The number of carbonyl (C=O) groups is 1. The number of alkyl halides is 2. The molecule has 0 amide bonds. The Labute approximate surface area is 129 Å². The highest BCUT2D eigenvalue weighted by Crippen LogP contribution is 2.73. The summed E-state index contributed by atoms with van der Waals surface area (Å²) in [5.74, 6) is -0.567. The first-order valence-corrected chi connectivity index (χ1v) is 6.80. The Morgan fingerprint density at radius 3 is 2.06 bits per heavy atom. The van der Waals surface area contributed by atoms with Gasteiger partial charge < -0.3 is 9.90 Å². The topological polar surface area (TPSA) is 37.3 Å². The number of hydrogen-bond donors (Lipinski definition) is 1. The third-order valence-electron chi connectivity index (χ3n) is 3.23. The molecule has 0 saturated heterocycles. The smallest absolute Gasteiger partial charge is 0.141 e. The summed E-state index contributed by atoms with van der Waals surface area (Å²) in [6.45, 7) is -0.452. The summed E-state index contributed by atoms with van der Waals surface area (Å²) in [7, 11) is 0.